The van der Waals surface area contributed by atoms with Gasteiger partial charge in [-0.05, 0) is 22.8 Å². The van der Waals surface area contributed by atoms with Gasteiger partial charge in [-0.25, -0.2) is 0 Å². The molecule has 4 heteroatoms. The van der Waals surface area contributed by atoms with Crippen molar-refractivity contribution in [1.82, 2.24) is 9.78 Å². The molecule has 3 rings (SSSR count). The quantitative estimate of drug-likeness (QED) is 0.772. The van der Waals surface area contributed by atoms with Gasteiger partial charge in [0.15, 0.2) is 5.82 Å². The number of rotatable bonds is 5. The zero-order valence-electron chi connectivity index (χ0n) is 13.5. The van der Waals surface area contributed by atoms with Crippen LogP contribution in [0.5, 0.6) is 0 Å². The van der Waals surface area contributed by atoms with Gasteiger partial charge in [0.1, 0.15) is 0 Å². The highest BCUT2D eigenvalue weighted by Gasteiger charge is 2.12. The van der Waals surface area contributed by atoms with Gasteiger partial charge >= 0.3 is 0 Å². The molecule has 2 aromatic carbocycles. The monoisotopic (exact) mass is 307 g/mol. The van der Waals surface area contributed by atoms with Crippen LogP contribution in [0.25, 0.3) is 10.8 Å². The number of amides is 1. The van der Waals surface area contributed by atoms with Gasteiger partial charge in [0.25, 0.3) is 0 Å². The van der Waals surface area contributed by atoms with Gasteiger partial charge in [0, 0.05) is 18.2 Å². The molecule has 0 aliphatic heterocycles. The topological polar surface area (TPSA) is 46.9 Å². The van der Waals surface area contributed by atoms with Crippen LogP contribution in [0, 0.1) is 5.92 Å². The van der Waals surface area contributed by atoms with Crippen LogP contribution in [0.4, 0.5) is 5.82 Å². The van der Waals surface area contributed by atoms with Crippen LogP contribution >= 0.6 is 0 Å². The van der Waals surface area contributed by atoms with Gasteiger partial charge in [0.2, 0.25) is 5.91 Å². The maximum absolute atomic E-state index is 11.9. The van der Waals surface area contributed by atoms with Crippen LogP contribution in [-0.2, 0) is 11.3 Å². The lowest BCUT2D eigenvalue weighted by atomic mass is 10.0. The lowest BCUT2D eigenvalue weighted by Gasteiger charge is -2.08. The predicted octanol–water partition coefficient (Wildman–Crippen LogP) is 4.07. The minimum Gasteiger partial charge on any atom is -0.309 e. The summed E-state index contributed by atoms with van der Waals surface area (Å²) >= 11 is 0. The van der Waals surface area contributed by atoms with E-state index in [2.05, 4.69) is 40.7 Å². The van der Waals surface area contributed by atoms with Crippen molar-refractivity contribution in [3.05, 3.63) is 60.3 Å². The van der Waals surface area contributed by atoms with E-state index in [9.17, 15) is 4.79 Å². The van der Waals surface area contributed by atoms with Crippen molar-refractivity contribution in [2.24, 2.45) is 5.92 Å². The zero-order valence-corrected chi connectivity index (χ0v) is 13.5. The van der Waals surface area contributed by atoms with Crippen molar-refractivity contribution in [2.45, 2.75) is 26.8 Å². The summed E-state index contributed by atoms with van der Waals surface area (Å²) in [4.78, 5) is 11.9. The van der Waals surface area contributed by atoms with Gasteiger partial charge in [-0.1, -0.05) is 56.3 Å². The molecule has 1 atom stereocenters. The number of carbonyl (C=O) groups excluding carboxylic acids is 1. The van der Waals surface area contributed by atoms with Crippen molar-refractivity contribution in [3.8, 4) is 0 Å². The Morgan fingerprint density at radius 3 is 2.78 bits per heavy atom. The highest BCUT2D eigenvalue weighted by molar-refractivity contribution is 5.91. The summed E-state index contributed by atoms with van der Waals surface area (Å²) < 4.78 is 1.86. The number of hydrogen-bond acceptors (Lipinski definition) is 2. The van der Waals surface area contributed by atoms with E-state index in [0.717, 1.165) is 6.42 Å². The molecule has 0 fully saturated rings. The predicted molar refractivity (Wildman–Crippen MR) is 93.4 cm³/mol. The summed E-state index contributed by atoms with van der Waals surface area (Å²) in [6.07, 6.45) is 2.72. The molecule has 0 saturated carbocycles. The zero-order chi connectivity index (χ0) is 16.2. The first-order chi connectivity index (χ1) is 11.2. The second-order valence-corrected chi connectivity index (χ2v) is 5.84. The highest BCUT2D eigenvalue weighted by atomic mass is 16.1. The molecule has 0 aliphatic carbocycles. The molecule has 0 saturated heterocycles. The molecule has 23 heavy (non-hydrogen) atoms. The Kier molecular flexibility index (Phi) is 4.42. The first-order valence-corrected chi connectivity index (χ1v) is 7.98. The Balaban J connectivity index is 1.77. The first kappa shape index (κ1) is 15.3. The van der Waals surface area contributed by atoms with E-state index in [-0.39, 0.29) is 11.8 Å². The summed E-state index contributed by atoms with van der Waals surface area (Å²) in [6, 6.07) is 16.5. The SMILES string of the molecule is CC[C@@H](C)C(=O)Nc1ccn(Cc2cccc3ccccc23)n1. The van der Waals surface area contributed by atoms with E-state index < -0.39 is 0 Å². The Morgan fingerprint density at radius 2 is 1.96 bits per heavy atom. The van der Waals surface area contributed by atoms with E-state index >= 15 is 0 Å². The largest absolute Gasteiger partial charge is 0.309 e. The van der Waals surface area contributed by atoms with Crippen molar-refractivity contribution in [2.75, 3.05) is 5.32 Å². The standard InChI is InChI=1S/C19H21N3O/c1-3-14(2)19(23)20-18-11-12-22(21-18)13-16-9-6-8-15-7-4-5-10-17(15)16/h4-12,14H,3,13H2,1-2H3,(H,20,21,23)/t14-/m1/s1. The van der Waals surface area contributed by atoms with Gasteiger partial charge in [-0.2, -0.15) is 5.10 Å². The van der Waals surface area contributed by atoms with Crippen molar-refractivity contribution < 1.29 is 4.79 Å². The number of anilines is 1. The van der Waals surface area contributed by atoms with Crippen LogP contribution in [0.1, 0.15) is 25.8 Å². The fraction of sp³-hybridized carbons (Fsp3) is 0.263. The molecular weight excluding hydrogens is 286 g/mol. The molecule has 4 nitrogen and oxygen atoms in total. The highest BCUT2D eigenvalue weighted by Crippen LogP contribution is 2.19. The van der Waals surface area contributed by atoms with Crippen LogP contribution in [-0.4, -0.2) is 15.7 Å². The second kappa shape index (κ2) is 6.65. The molecule has 1 heterocycles. The van der Waals surface area contributed by atoms with Crippen molar-refractivity contribution in [1.29, 1.82) is 0 Å². The van der Waals surface area contributed by atoms with E-state index in [4.69, 9.17) is 0 Å². The molecule has 0 bridgehead atoms. The van der Waals surface area contributed by atoms with Crippen LogP contribution in [0.15, 0.2) is 54.7 Å². The number of nitrogens with one attached hydrogen (secondary N) is 1. The molecule has 118 valence electrons. The Hall–Kier alpha value is -2.62. The average molecular weight is 307 g/mol. The first-order valence-electron chi connectivity index (χ1n) is 7.98. The molecule has 0 aliphatic rings. The lowest BCUT2D eigenvalue weighted by molar-refractivity contribution is -0.119. The average Bonchev–Trinajstić information content (AvgIpc) is 3.01. The molecule has 3 aromatic rings. The number of fused-ring (bicyclic) bond motifs is 1. The van der Waals surface area contributed by atoms with Crippen molar-refractivity contribution >= 4 is 22.5 Å². The van der Waals surface area contributed by atoms with Crippen LogP contribution < -0.4 is 5.32 Å². The van der Waals surface area contributed by atoms with E-state index in [1.165, 1.54) is 16.3 Å². The summed E-state index contributed by atoms with van der Waals surface area (Å²) in [5, 5.41) is 9.78. The maximum Gasteiger partial charge on any atom is 0.228 e. The minimum atomic E-state index is -0.00165. The smallest absolute Gasteiger partial charge is 0.228 e. The third kappa shape index (κ3) is 3.42. The summed E-state index contributed by atoms with van der Waals surface area (Å²) in [7, 11) is 0. The van der Waals surface area contributed by atoms with Crippen LogP contribution in [0.2, 0.25) is 0 Å². The van der Waals surface area contributed by atoms with E-state index in [1.807, 2.05) is 42.9 Å². The minimum absolute atomic E-state index is 0.00165. The number of hydrogen-bond donors (Lipinski definition) is 1. The molecule has 1 amide bonds. The molecule has 0 spiro atoms. The number of aromatic nitrogens is 2. The summed E-state index contributed by atoms with van der Waals surface area (Å²) in [5.41, 5.74) is 1.21. The molecule has 0 unspecified atom stereocenters. The van der Waals surface area contributed by atoms with Gasteiger partial charge < -0.3 is 5.32 Å². The molecule has 0 radical (unpaired) electrons. The Labute approximate surface area is 136 Å². The fourth-order valence-corrected chi connectivity index (χ4v) is 2.56. The molecule has 1 N–H and O–H groups in total. The number of nitrogens with zero attached hydrogens (tertiary/aromatic N) is 2. The Bertz CT molecular complexity index is 817. The summed E-state index contributed by atoms with van der Waals surface area (Å²) in [5.74, 6) is 0.622. The van der Waals surface area contributed by atoms with E-state index in [1.54, 1.807) is 0 Å². The summed E-state index contributed by atoms with van der Waals surface area (Å²) in [6.45, 7) is 4.60. The van der Waals surface area contributed by atoms with Gasteiger partial charge in [-0.15, -0.1) is 0 Å². The number of benzene rings is 2. The number of carbonyl (C=O) groups is 1. The second-order valence-electron chi connectivity index (χ2n) is 5.84. The van der Waals surface area contributed by atoms with Crippen LogP contribution in [0.3, 0.4) is 0 Å². The third-order valence-corrected chi connectivity index (χ3v) is 4.16. The fourth-order valence-electron chi connectivity index (χ4n) is 2.56. The molecular formula is C19H21N3O. The Morgan fingerprint density at radius 1 is 1.17 bits per heavy atom. The van der Waals surface area contributed by atoms with Gasteiger partial charge in [0.05, 0.1) is 6.54 Å². The normalized spacial score (nSPS) is 12.3. The van der Waals surface area contributed by atoms with Crippen molar-refractivity contribution in [3.63, 3.8) is 0 Å². The maximum atomic E-state index is 11.9. The lowest BCUT2D eigenvalue weighted by Crippen LogP contribution is -2.20. The molecule has 1 aromatic heterocycles. The van der Waals surface area contributed by atoms with Gasteiger partial charge in [-0.3, -0.25) is 9.48 Å². The van der Waals surface area contributed by atoms with E-state index in [0.29, 0.717) is 12.4 Å². The third-order valence-electron chi connectivity index (χ3n) is 4.16.